The molecular formula is C22H25ClN4OS. The van der Waals surface area contributed by atoms with Crippen molar-refractivity contribution in [3.05, 3.63) is 76.6 Å². The van der Waals surface area contributed by atoms with Crippen LogP contribution in [0.2, 0.25) is 5.02 Å². The Morgan fingerprint density at radius 3 is 2.34 bits per heavy atom. The first-order chi connectivity index (χ1) is 14.1. The molecule has 2 aromatic carbocycles. The lowest BCUT2D eigenvalue weighted by atomic mass is 10.1. The predicted molar refractivity (Wildman–Crippen MR) is 120 cm³/mol. The van der Waals surface area contributed by atoms with Crippen LogP contribution in [-0.4, -0.2) is 39.8 Å². The fourth-order valence-corrected chi connectivity index (χ4v) is 3.87. The van der Waals surface area contributed by atoms with Gasteiger partial charge in [-0.05, 0) is 37.1 Å². The van der Waals surface area contributed by atoms with Crippen LogP contribution < -0.4 is 4.90 Å². The first-order valence-electron chi connectivity index (χ1n) is 9.72. The molecule has 0 N–H and O–H groups in total. The number of hydrogen-bond acceptors (Lipinski definition) is 5. The number of nitrogens with zero attached hydrogens (tertiary/aromatic N) is 4. The third-order valence-corrected chi connectivity index (χ3v) is 5.73. The molecule has 1 aromatic heterocycles. The lowest BCUT2D eigenvalue weighted by Crippen LogP contribution is -2.40. The maximum Gasteiger partial charge on any atom is 0.242 e. The van der Waals surface area contributed by atoms with Crippen molar-refractivity contribution in [2.75, 3.05) is 24.5 Å². The minimum Gasteiger partial charge on any atom is -0.342 e. The molecule has 0 bridgehead atoms. The SMILES string of the molecule is CCN(CC)C(=O)CN(Cc1ccccc1)c1nc(Cc2ccc(Cl)cc2)ns1. The first kappa shape index (κ1) is 21.3. The maximum atomic E-state index is 12.7. The summed E-state index contributed by atoms with van der Waals surface area (Å²) >= 11 is 7.30. The Morgan fingerprint density at radius 1 is 1.00 bits per heavy atom. The molecule has 0 aliphatic heterocycles. The molecule has 0 saturated heterocycles. The highest BCUT2D eigenvalue weighted by molar-refractivity contribution is 7.09. The third kappa shape index (κ3) is 6.02. The first-order valence-corrected chi connectivity index (χ1v) is 10.9. The highest BCUT2D eigenvalue weighted by atomic mass is 35.5. The second kappa shape index (κ2) is 10.4. The van der Waals surface area contributed by atoms with Crippen molar-refractivity contribution in [3.8, 4) is 0 Å². The average Bonchev–Trinajstić information content (AvgIpc) is 3.19. The Morgan fingerprint density at radius 2 is 1.69 bits per heavy atom. The molecule has 29 heavy (non-hydrogen) atoms. The van der Waals surface area contributed by atoms with E-state index < -0.39 is 0 Å². The molecule has 0 atom stereocenters. The summed E-state index contributed by atoms with van der Waals surface area (Å²) in [6.45, 7) is 6.30. The summed E-state index contributed by atoms with van der Waals surface area (Å²) < 4.78 is 4.52. The van der Waals surface area contributed by atoms with E-state index in [0.717, 1.165) is 22.1 Å². The van der Waals surface area contributed by atoms with E-state index >= 15 is 0 Å². The molecular weight excluding hydrogens is 404 g/mol. The van der Waals surface area contributed by atoms with Crippen molar-refractivity contribution < 1.29 is 4.79 Å². The second-order valence-corrected chi connectivity index (χ2v) is 7.87. The van der Waals surface area contributed by atoms with Crippen molar-refractivity contribution in [1.29, 1.82) is 0 Å². The summed E-state index contributed by atoms with van der Waals surface area (Å²) in [7, 11) is 0. The van der Waals surface area contributed by atoms with E-state index in [1.54, 1.807) is 0 Å². The van der Waals surface area contributed by atoms with Gasteiger partial charge in [-0.15, -0.1) is 0 Å². The average molecular weight is 429 g/mol. The van der Waals surface area contributed by atoms with Gasteiger partial charge in [0.25, 0.3) is 0 Å². The Labute approximate surface area is 181 Å². The van der Waals surface area contributed by atoms with Gasteiger partial charge < -0.3 is 9.80 Å². The second-order valence-electron chi connectivity index (χ2n) is 6.70. The Kier molecular flexibility index (Phi) is 7.61. The number of aromatic nitrogens is 2. The zero-order valence-electron chi connectivity index (χ0n) is 16.7. The van der Waals surface area contributed by atoms with E-state index in [0.29, 0.717) is 31.1 Å². The van der Waals surface area contributed by atoms with E-state index in [4.69, 9.17) is 16.6 Å². The zero-order chi connectivity index (χ0) is 20.6. The van der Waals surface area contributed by atoms with Crippen molar-refractivity contribution in [1.82, 2.24) is 14.3 Å². The molecule has 152 valence electrons. The van der Waals surface area contributed by atoms with Crippen LogP contribution in [0.4, 0.5) is 5.13 Å². The summed E-state index contributed by atoms with van der Waals surface area (Å²) in [5, 5.41) is 1.47. The van der Waals surface area contributed by atoms with Gasteiger partial charge in [-0.2, -0.15) is 4.37 Å². The van der Waals surface area contributed by atoms with Crippen molar-refractivity contribution in [3.63, 3.8) is 0 Å². The van der Waals surface area contributed by atoms with Crippen molar-refractivity contribution >= 4 is 34.2 Å². The van der Waals surface area contributed by atoms with Crippen LogP contribution in [0.5, 0.6) is 0 Å². The standard InChI is InChI=1S/C22H25ClN4OS/c1-3-26(4-2)21(28)16-27(15-18-8-6-5-7-9-18)22-24-20(25-29-22)14-17-10-12-19(23)13-11-17/h5-13H,3-4,14-16H2,1-2H3. The van der Waals surface area contributed by atoms with E-state index in [9.17, 15) is 4.79 Å². The Bertz CT molecular complexity index is 910. The fourth-order valence-electron chi connectivity index (χ4n) is 3.06. The van der Waals surface area contributed by atoms with Crippen LogP contribution in [0.3, 0.4) is 0 Å². The number of carbonyl (C=O) groups is 1. The summed E-state index contributed by atoms with van der Waals surface area (Å²) in [5.74, 6) is 0.848. The van der Waals surface area contributed by atoms with Crippen molar-refractivity contribution in [2.24, 2.45) is 0 Å². The molecule has 0 spiro atoms. The van der Waals surface area contributed by atoms with Gasteiger partial charge in [0.05, 0.1) is 6.54 Å². The number of benzene rings is 2. The van der Waals surface area contributed by atoms with Gasteiger partial charge in [0, 0.05) is 42.6 Å². The minimum absolute atomic E-state index is 0.0976. The molecule has 0 aliphatic carbocycles. The number of rotatable bonds is 9. The molecule has 0 unspecified atom stereocenters. The maximum absolute atomic E-state index is 12.7. The molecule has 7 heteroatoms. The summed E-state index contributed by atoms with van der Waals surface area (Å²) in [4.78, 5) is 21.3. The molecule has 1 heterocycles. The number of anilines is 1. The number of likely N-dealkylation sites (N-methyl/N-ethyl adjacent to an activating group) is 1. The highest BCUT2D eigenvalue weighted by Gasteiger charge is 2.19. The van der Waals surface area contributed by atoms with E-state index in [2.05, 4.69) is 16.5 Å². The molecule has 0 aliphatic rings. The van der Waals surface area contributed by atoms with Crippen molar-refractivity contribution in [2.45, 2.75) is 26.8 Å². The van der Waals surface area contributed by atoms with Gasteiger partial charge in [0.15, 0.2) is 0 Å². The van der Waals surface area contributed by atoms with Gasteiger partial charge >= 0.3 is 0 Å². The fraction of sp³-hybridized carbons (Fsp3) is 0.318. The monoisotopic (exact) mass is 428 g/mol. The molecule has 1 amide bonds. The van der Waals surface area contributed by atoms with Gasteiger partial charge in [-0.25, -0.2) is 4.98 Å². The summed E-state index contributed by atoms with van der Waals surface area (Å²) in [5.41, 5.74) is 2.24. The largest absolute Gasteiger partial charge is 0.342 e. The molecule has 0 radical (unpaired) electrons. The zero-order valence-corrected chi connectivity index (χ0v) is 18.3. The summed E-state index contributed by atoms with van der Waals surface area (Å²) in [6, 6.07) is 17.8. The van der Waals surface area contributed by atoms with E-state index in [1.807, 2.05) is 66.1 Å². The molecule has 3 aromatic rings. The molecule has 0 fully saturated rings. The van der Waals surface area contributed by atoms with Gasteiger partial charge in [0.1, 0.15) is 5.82 Å². The smallest absolute Gasteiger partial charge is 0.242 e. The highest BCUT2D eigenvalue weighted by Crippen LogP contribution is 2.22. The number of amides is 1. The lowest BCUT2D eigenvalue weighted by Gasteiger charge is -2.25. The molecule has 3 rings (SSSR count). The van der Waals surface area contributed by atoms with Crippen LogP contribution in [0.1, 0.15) is 30.8 Å². The lowest BCUT2D eigenvalue weighted by molar-refractivity contribution is -0.129. The third-order valence-electron chi connectivity index (χ3n) is 4.66. The van der Waals surface area contributed by atoms with E-state index in [-0.39, 0.29) is 12.5 Å². The predicted octanol–water partition coefficient (Wildman–Crippen LogP) is 4.66. The van der Waals surface area contributed by atoms with Crippen LogP contribution in [-0.2, 0) is 17.8 Å². The number of hydrogen-bond donors (Lipinski definition) is 0. The number of halogens is 1. The molecule has 0 saturated carbocycles. The van der Waals surface area contributed by atoms with E-state index in [1.165, 1.54) is 11.5 Å². The topological polar surface area (TPSA) is 49.3 Å². The van der Waals surface area contributed by atoms with Gasteiger partial charge in [-0.1, -0.05) is 54.1 Å². The Hall–Kier alpha value is -2.44. The van der Waals surface area contributed by atoms with Crippen LogP contribution in [0.25, 0.3) is 0 Å². The Balaban J connectivity index is 1.78. The van der Waals surface area contributed by atoms with Gasteiger partial charge in [-0.3, -0.25) is 4.79 Å². The van der Waals surface area contributed by atoms with Gasteiger partial charge in [0.2, 0.25) is 11.0 Å². The quantitative estimate of drug-likeness (QED) is 0.497. The van der Waals surface area contributed by atoms with Crippen LogP contribution >= 0.6 is 23.1 Å². The number of carbonyl (C=O) groups excluding carboxylic acids is 1. The molecule has 5 nitrogen and oxygen atoms in total. The van der Waals surface area contributed by atoms with Crippen LogP contribution in [0, 0.1) is 0 Å². The minimum atomic E-state index is 0.0976. The summed E-state index contributed by atoms with van der Waals surface area (Å²) in [6.07, 6.45) is 0.636. The normalized spacial score (nSPS) is 10.7. The van der Waals surface area contributed by atoms with Crippen LogP contribution in [0.15, 0.2) is 54.6 Å².